The standard InChI is InChI=1S/C27H32N2O6/c1-17(26(31)32)7-6-12-28-25(30)18-13-19(34-15-18)14-29-27(33)35-16-24-22-10-4-2-8-20(22)21-9-3-5-11-23(21)24/h2-5,8-11,17-19,24H,6-7,12-16H2,1H3,(H,28,30)(H,29,33)(H,31,32)/t17?,18-,19-/m0/s1. The van der Waals surface area contributed by atoms with Crippen molar-refractivity contribution in [1.82, 2.24) is 10.6 Å². The molecular formula is C27H32N2O6. The first-order chi connectivity index (χ1) is 16.9. The molecule has 1 aliphatic heterocycles. The molecule has 186 valence electrons. The van der Waals surface area contributed by atoms with Crippen LogP contribution in [0.1, 0.15) is 43.2 Å². The van der Waals surface area contributed by atoms with Gasteiger partial charge in [0.05, 0.1) is 24.5 Å². The van der Waals surface area contributed by atoms with Crippen molar-refractivity contribution >= 4 is 18.0 Å². The first-order valence-electron chi connectivity index (χ1n) is 12.1. The molecule has 2 aromatic carbocycles. The third-order valence-corrected chi connectivity index (χ3v) is 6.80. The molecule has 1 heterocycles. The number of hydrogen-bond donors (Lipinski definition) is 3. The molecule has 3 N–H and O–H groups in total. The molecule has 0 aromatic heterocycles. The van der Waals surface area contributed by atoms with E-state index in [1.54, 1.807) is 6.92 Å². The summed E-state index contributed by atoms with van der Waals surface area (Å²) in [5.74, 6) is -1.62. The molecule has 1 fully saturated rings. The zero-order valence-electron chi connectivity index (χ0n) is 19.9. The Kier molecular flexibility index (Phi) is 8.02. The molecule has 8 nitrogen and oxygen atoms in total. The first-order valence-corrected chi connectivity index (χ1v) is 12.1. The van der Waals surface area contributed by atoms with Crippen molar-refractivity contribution in [1.29, 1.82) is 0 Å². The number of aliphatic carboxylic acids is 1. The fraction of sp³-hybridized carbons (Fsp3) is 0.444. The van der Waals surface area contributed by atoms with Gasteiger partial charge >= 0.3 is 12.1 Å². The number of amides is 2. The normalized spacial score (nSPS) is 19.5. The van der Waals surface area contributed by atoms with E-state index in [1.807, 2.05) is 24.3 Å². The Morgan fingerprint density at radius 3 is 2.37 bits per heavy atom. The molecule has 2 aliphatic rings. The molecule has 0 spiro atoms. The lowest BCUT2D eigenvalue weighted by molar-refractivity contribution is -0.141. The zero-order valence-corrected chi connectivity index (χ0v) is 19.9. The fourth-order valence-corrected chi connectivity index (χ4v) is 4.76. The van der Waals surface area contributed by atoms with Crippen LogP contribution in [-0.4, -0.2) is 55.5 Å². The van der Waals surface area contributed by atoms with Gasteiger partial charge in [0.2, 0.25) is 5.91 Å². The smallest absolute Gasteiger partial charge is 0.407 e. The maximum atomic E-state index is 12.4. The van der Waals surface area contributed by atoms with Gasteiger partial charge in [-0.05, 0) is 41.5 Å². The lowest BCUT2D eigenvalue weighted by Crippen LogP contribution is -2.34. The summed E-state index contributed by atoms with van der Waals surface area (Å²) < 4.78 is 11.2. The van der Waals surface area contributed by atoms with Crippen molar-refractivity contribution in [3.05, 3.63) is 59.7 Å². The van der Waals surface area contributed by atoms with E-state index in [4.69, 9.17) is 14.6 Å². The van der Waals surface area contributed by atoms with Crippen LogP contribution >= 0.6 is 0 Å². The number of alkyl carbamates (subject to hydrolysis) is 1. The highest BCUT2D eigenvalue weighted by Crippen LogP contribution is 2.44. The van der Waals surface area contributed by atoms with E-state index in [2.05, 4.69) is 34.9 Å². The number of carboxylic acid groups (broad SMARTS) is 1. The number of nitrogens with one attached hydrogen (secondary N) is 2. The van der Waals surface area contributed by atoms with Crippen molar-refractivity contribution in [2.24, 2.45) is 11.8 Å². The Morgan fingerprint density at radius 1 is 1.06 bits per heavy atom. The van der Waals surface area contributed by atoms with Gasteiger partial charge in [-0.3, -0.25) is 9.59 Å². The van der Waals surface area contributed by atoms with E-state index in [0.29, 0.717) is 32.4 Å². The molecule has 3 atom stereocenters. The molecule has 1 unspecified atom stereocenters. The maximum Gasteiger partial charge on any atom is 0.407 e. The summed E-state index contributed by atoms with van der Waals surface area (Å²) in [6.07, 6.45) is 0.888. The van der Waals surface area contributed by atoms with Crippen LogP contribution < -0.4 is 10.6 Å². The molecule has 8 heteroatoms. The second kappa shape index (κ2) is 11.4. The highest BCUT2D eigenvalue weighted by molar-refractivity contribution is 5.79. The van der Waals surface area contributed by atoms with E-state index in [0.717, 1.165) is 11.1 Å². The molecule has 0 bridgehead atoms. The van der Waals surface area contributed by atoms with E-state index in [9.17, 15) is 14.4 Å². The van der Waals surface area contributed by atoms with Gasteiger partial charge in [-0.1, -0.05) is 55.5 Å². The SMILES string of the molecule is CC(CCCNC(=O)[C@@H]1CO[C@H](CNC(=O)OCC2c3ccccc3-c3ccccc32)C1)C(=O)O. The lowest BCUT2D eigenvalue weighted by atomic mass is 9.98. The molecule has 35 heavy (non-hydrogen) atoms. The quantitative estimate of drug-likeness (QED) is 0.448. The molecule has 1 aliphatic carbocycles. The molecular weight excluding hydrogens is 448 g/mol. The summed E-state index contributed by atoms with van der Waals surface area (Å²) in [6.45, 7) is 2.92. The van der Waals surface area contributed by atoms with Crippen LogP contribution in [0.4, 0.5) is 4.79 Å². The van der Waals surface area contributed by atoms with Crippen LogP contribution in [0.15, 0.2) is 48.5 Å². The maximum absolute atomic E-state index is 12.4. The molecule has 2 aromatic rings. The average Bonchev–Trinajstić information content (AvgIpc) is 3.47. The Hall–Kier alpha value is -3.39. The predicted octanol–water partition coefficient (Wildman–Crippen LogP) is 3.55. The number of carbonyl (C=O) groups is 3. The number of benzene rings is 2. The summed E-state index contributed by atoms with van der Waals surface area (Å²) in [5, 5.41) is 14.5. The van der Waals surface area contributed by atoms with E-state index >= 15 is 0 Å². The summed E-state index contributed by atoms with van der Waals surface area (Å²) in [5.41, 5.74) is 4.67. The first kappa shape index (κ1) is 24.7. The number of carboxylic acids is 1. The number of hydrogen-bond acceptors (Lipinski definition) is 5. The summed E-state index contributed by atoms with van der Waals surface area (Å²) >= 11 is 0. The van der Waals surface area contributed by atoms with Crippen LogP contribution in [-0.2, 0) is 19.1 Å². The topological polar surface area (TPSA) is 114 Å². The molecule has 0 saturated carbocycles. The Labute approximate surface area is 205 Å². The largest absolute Gasteiger partial charge is 0.481 e. The van der Waals surface area contributed by atoms with E-state index < -0.39 is 18.0 Å². The summed E-state index contributed by atoms with van der Waals surface area (Å²) in [7, 11) is 0. The minimum atomic E-state index is -0.827. The highest BCUT2D eigenvalue weighted by atomic mass is 16.5. The van der Waals surface area contributed by atoms with Crippen LogP contribution in [0.2, 0.25) is 0 Å². The van der Waals surface area contributed by atoms with Crippen LogP contribution in [0, 0.1) is 11.8 Å². The van der Waals surface area contributed by atoms with Crippen molar-refractivity contribution < 1.29 is 29.0 Å². The minimum absolute atomic E-state index is 0.00226. The van der Waals surface area contributed by atoms with Crippen molar-refractivity contribution in [2.75, 3.05) is 26.3 Å². The third-order valence-electron chi connectivity index (χ3n) is 6.80. The number of ether oxygens (including phenoxy) is 2. The monoisotopic (exact) mass is 480 g/mol. The lowest BCUT2D eigenvalue weighted by Gasteiger charge is -2.16. The van der Waals surface area contributed by atoms with Crippen molar-refractivity contribution in [3.8, 4) is 11.1 Å². The summed E-state index contributed by atoms with van der Waals surface area (Å²) in [6, 6.07) is 16.4. The van der Waals surface area contributed by atoms with Gasteiger partial charge in [0, 0.05) is 19.0 Å². The van der Waals surface area contributed by atoms with Crippen LogP contribution in [0.5, 0.6) is 0 Å². The predicted molar refractivity (Wildman–Crippen MR) is 130 cm³/mol. The Morgan fingerprint density at radius 2 is 1.71 bits per heavy atom. The van der Waals surface area contributed by atoms with Gasteiger partial charge in [0.1, 0.15) is 6.61 Å². The van der Waals surface area contributed by atoms with Crippen LogP contribution in [0.3, 0.4) is 0 Å². The number of rotatable bonds is 10. The Bertz CT molecular complexity index is 1030. The van der Waals surface area contributed by atoms with Gasteiger partial charge in [-0.15, -0.1) is 0 Å². The van der Waals surface area contributed by atoms with Crippen molar-refractivity contribution in [2.45, 2.75) is 38.2 Å². The molecule has 2 amide bonds. The van der Waals surface area contributed by atoms with Gasteiger partial charge < -0.3 is 25.2 Å². The fourth-order valence-electron chi connectivity index (χ4n) is 4.76. The molecule has 1 saturated heterocycles. The van der Waals surface area contributed by atoms with Crippen LogP contribution in [0.25, 0.3) is 11.1 Å². The second-order valence-electron chi connectivity index (χ2n) is 9.27. The average molecular weight is 481 g/mol. The second-order valence-corrected chi connectivity index (χ2v) is 9.27. The third kappa shape index (κ3) is 6.00. The number of carbonyl (C=O) groups excluding carboxylic acids is 2. The van der Waals surface area contributed by atoms with Crippen molar-refractivity contribution in [3.63, 3.8) is 0 Å². The van der Waals surface area contributed by atoms with Gasteiger partial charge in [-0.2, -0.15) is 0 Å². The van der Waals surface area contributed by atoms with Gasteiger partial charge in [0.15, 0.2) is 0 Å². The molecule has 4 rings (SSSR count). The van der Waals surface area contributed by atoms with E-state index in [-0.39, 0.29) is 37.0 Å². The molecule has 0 radical (unpaired) electrons. The minimum Gasteiger partial charge on any atom is -0.481 e. The summed E-state index contributed by atoms with van der Waals surface area (Å²) in [4.78, 5) is 35.5. The van der Waals surface area contributed by atoms with E-state index in [1.165, 1.54) is 11.1 Å². The van der Waals surface area contributed by atoms with Gasteiger partial charge in [-0.25, -0.2) is 4.79 Å². The van der Waals surface area contributed by atoms with Gasteiger partial charge in [0.25, 0.3) is 0 Å². The Balaban J connectivity index is 1.17. The highest BCUT2D eigenvalue weighted by Gasteiger charge is 2.32. The zero-order chi connectivity index (χ0) is 24.8. The number of fused-ring (bicyclic) bond motifs is 3.